The first-order valence-corrected chi connectivity index (χ1v) is 10.0. The molecule has 0 unspecified atom stereocenters. The summed E-state index contributed by atoms with van der Waals surface area (Å²) in [5, 5.41) is 0. The van der Waals surface area contributed by atoms with Gasteiger partial charge in [0.1, 0.15) is 12.3 Å². The van der Waals surface area contributed by atoms with Crippen molar-refractivity contribution in [3.05, 3.63) is 65.1 Å². The van der Waals surface area contributed by atoms with E-state index < -0.39 is 16.0 Å². The molecule has 3 aromatic rings. The van der Waals surface area contributed by atoms with Crippen LogP contribution in [0.5, 0.6) is 0 Å². The van der Waals surface area contributed by atoms with E-state index in [9.17, 15) is 13.2 Å². The smallest absolute Gasteiger partial charge is 0.338 e. The second-order valence-electron chi connectivity index (χ2n) is 6.21. The lowest BCUT2D eigenvalue weighted by Crippen LogP contribution is -2.23. The summed E-state index contributed by atoms with van der Waals surface area (Å²) in [6.45, 7) is 5.65. The van der Waals surface area contributed by atoms with Crippen LogP contribution in [-0.4, -0.2) is 30.3 Å². The monoisotopic (exact) mass is 387 g/mol. The molecule has 142 valence electrons. The number of aromatic nitrogens is 2. The van der Waals surface area contributed by atoms with Gasteiger partial charge in [0, 0.05) is 18.9 Å². The van der Waals surface area contributed by atoms with Gasteiger partial charge in [-0.3, -0.25) is 0 Å². The van der Waals surface area contributed by atoms with Crippen LogP contribution in [0.4, 0.5) is 0 Å². The van der Waals surface area contributed by atoms with Crippen molar-refractivity contribution in [3.63, 3.8) is 0 Å². The maximum absolute atomic E-state index is 12.5. The van der Waals surface area contributed by atoms with Gasteiger partial charge in [0.15, 0.2) is 0 Å². The molecule has 0 atom stereocenters. The number of hydrogen-bond acceptors (Lipinski definition) is 5. The van der Waals surface area contributed by atoms with Crippen molar-refractivity contribution in [2.24, 2.45) is 0 Å². The Bertz CT molecular complexity index is 1100. The van der Waals surface area contributed by atoms with Gasteiger partial charge in [0.2, 0.25) is 10.0 Å². The van der Waals surface area contributed by atoms with Crippen LogP contribution in [0.15, 0.2) is 47.6 Å². The average molecular weight is 387 g/mol. The Balaban J connectivity index is 1.80. The maximum atomic E-state index is 12.5. The van der Waals surface area contributed by atoms with Crippen molar-refractivity contribution in [1.29, 1.82) is 0 Å². The molecule has 0 radical (unpaired) electrons. The van der Waals surface area contributed by atoms with E-state index in [0.29, 0.717) is 11.3 Å². The Morgan fingerprint density at radius 1 is 1.22 bits per heavy atom. The number of sulfonamides is 1. The lowest BCUT2D eigenvalue weighted by molar-refractivity contribution is 0.0467. The van der Waals surface area contributed by atoms with E-state index in [1.54, 1.807) is 26.1 Å². The second-order valence-corrected chi connectivity index (χ2v) is 7.98. The zero-order valence-corrected chi connectivity index (χ0v) is 16.2. The van der Waals surface area contributed by atoms with Crippen LogP contribution in [0.25, 0.3) is 5.65 Å². The van der Waals surface area contributed by atoms with Gasteiger partial charge in [-0.2, -0.15) is 0 Å². The third kappa shape index (κ3) is 4.01. The molecule has 1 aromatic carbocycles. The lowest BCUT2D eigenvalue weighted by Gasteiger charge is -2.09. The normalized spacial score (nSPS) is 11.7. The van der Waals surface area contributed by atoms with Crippen molar-refractivity contribution in [3.8, 4) is 0 Å². The first-order chi connectivity index (χ1) is 12.8. The van der Waals surface area contributed by atoms with E-state index in [4.69, 9.17) is 4.74 Å². The largest absolute Gasteiger partial charge is 0.456 e. The molecule has 0 fully saturated rings. The van der Waals surface area contributed by atoms with Gasteiger partial charge in [-0.1, -0.05) is 19.1 Å². The van der Waals surface area contributed by atoms with Crippen LogP contribution >= 0.6 is 0 Å². The molecule has 0 spiro atoms. The molecule has 1 N–H and O–H groups in total. The van der Waals surface area contributed by atoms with Crippen molar-refractivity contribution in [2.45, 2.75) is 32.3 Å². The van der Waals surface area contributed by atoms with Gasteiger partial charge in [-0.15, -0.1) is 0 Å². The molecule has 3 rings (SSSR count). The summed E-state index contributed by atoms with van der Waals surface area (Å²) in [5.74, 6) is -0.588. The zero-order chi connectivity index (χ0) is 19.6. The summed E-state index contributed by atoms with van der Waals surface area (Å²) in [4.78, 5) is 17.0. The van der Waals surface area contributed by atoms with Crippen LogP contribution in [0.1, 0.15) is 34.1 Å². The average Bonchev–Trinajstić information content (AvgIpc) is 3.04. The molecule has 0 saturated heterocycles. The van der Waals surface area contributed by atoms with Gasteiger partial charge in [-0.05, 0) is 43.2 Å². The quantitative estimate of drug-likeness (QED) is 0.657. The highest BCUT2D eigenvalue weighted by Crippen LogP contribution is 2.18. The number of esters is 1. The fourth-order valence-corrected chi connectivity index (χ4v) is 3.82. The minimum atomic E-state index is -3.65. The number of hydrogen-bond donors (Lipinski definition) is 1. The SMILES string of the molecule is CCNS(=O)(=O)c1ccc(C)c(C(=O)OCc2cn3cccc(C)c3n2)c1. The molecule has 0 saturated carbocycles. The number of rotatable bonds is 6. The predicted molar refractivity (Wildman–Crippen MR) is 101 cm³/mol. The number of imidazole rings is 1. The third-order valence-electron chi connectivity index (χ3n) is 4.15. The number of ether oxygens (including phenoxy) is 1. The van der Waals surface area contributed by atoms with E-state index in [1.165, 1.54) is 12.1 Å². The van der Waals surface area contributed by atoms with Crippen LogP contribution in [-0.2, 0) is 21.4 Å². The number of nitrogens with zero attached hydrogens (tertiary/aromatic N) is 2. The Morgan fingerprint density at radius 2 is 2.00 bits per heavy atom. The van der Waals surface area contributed by atoms with E-state index in [1.807, 2.05) is 29.7 Å². The first-order valence-electron chi connectivity index (χ1n) is 8.52. The van der Waals surface area contributed by atoms with Gasteiger partial charge in [0.25, 0.3) is 0 Å². The highest BCUT2D eigenvalue weighted by molar-refractivity contribution is 7.89. The topological polar surface area (TPSA) is 89.8 Å². The minimum Gasteiger partial charge on any atom is -0.456 e. The van der Waals surface area contributed by atoms with Crippen LogP contribution in [0, 0.1) is 13.8 Å². The van der Waals surface area contributed by atoms with Crippen LogP contribution in [0.2, 0.25) is 0 Å². The molecule has 0 aliphatic rings. The van der Waals surface area contributed by atoms with Crippen LogP contribution in [0.3, 0.4) is 0 Å². The molecule has 8 heteroatoms. The van der Waals surface area contributed by atoms with Crippen molar-refractivity contribution >= 4 is 21.6 Å². The molecule has 7 nitrogen and oxygen atoms in total. The predicted octanol–water partition coefficient (Wildman–Crippen LogP) is 2.61. The van der Waals surface area contributed by atoms with Gasteiger partial charge < -0.3 is 9.14 Å². The van der Waals surface area contributed by atoms with Crippen LogP contribution < -0.4 is 4.72 Å². The summed E-state index contributed by atoms with van der Waals surface area (Å²) in [6, 6.07) is 8.27. The summed E-state index contributed by atoms with van der Waals surface area (Å²) in [6.07, 6.45) is 3.67. The minimum absolute atomic E-state index is 0.00355. The molecule has 0 amide bonds. The number of carbonyl (C=O) groups is 1. The number of nitrogens with one attached hydrogen (secondary N) is 1. The summed E-state index contributed by atoms with van der Waals surface area (Å²) in [7, 11) is -3.65. The summed E-state index contributed by atoms with van der Waals surface area (Å²) < 4.78 is 33.9. The molecule has 0 aliphatic heterocycles. The molecule has 27 heavy (non-hydrogen) atoms. The maximum Gasteiger partial charge on any atom is 0.338 e. The lowest BCUT2D eigenvalue weighted by atomic mass is 10.1. The Labute approximate surface area is 158 Å². The number of benzene rings is 1. The van der Waals surface area contributed by atoms with E-state index in [2.05, 4.69) is 9.71 Å². The first kappa shape index (κ1) is 19.1. The van der Waals surface area contributed by atoms with E-state index >= 15 is 0 Å². The number of aryl methyl sites for hydroxylation is 2. The highest BCUT2D eigenvalue weighted by Gasteiger charge is 2.18. The second kappa shape index (κ2) is 7.50. The highest BCUT2D eigenvalue weighted by atomic mass is 32.2. The molecule has 0 aliphatic carbocycles. The van der Waals surface area contributed by atoms with Gasteiger partial charge in [0.05, 0.1) is 16.2 Å². The molecular formula is C19H21N3O4S. The van der Waals surface area contributed by atoms with Crippen molar-refractivity contribution in [1.82, 2.24) is 14.1 Å². The summed E-state index contributed by atoms with van der Waals surface area (Å²) >= 11 is 0. The summed E-state index contributed by atoms with van der Waals surface area (Å²) in [5.41, 5.74) is 3.30. The Morgan fingerprint density at radius 3 is 2.70 bits per heavy atom. The fraction of sp³-hybridized carbons (Fsp3) is 0.263. The zero-order valence-electron chi connectivity index (χ0n) is 15.4. The van der Waals surface area contributed by atoms with E-state index in [0.717, 1.165) is 11.2 Å². The van der Waals surface area contributed by atoms with Crippen molar-refractivity contribution in [2.75, 3.05) is 6.54 Å². The van der Waals surface area contributed by atoms with Crippen molar-refractivity contribution < 1.29 is 17.9 Å². The number of carbonyl (C=O) groups excluding carboxylic acids is 1. The Hall–Kier alpha value is -2.71. The number of fused-ring (bicyclic) bond motifs is 1. The number of pyridine rings is 1. The Kier molecular flexibility index (Phi) is 5.29. The molecule has 0 bridgehead atoms. The van der Waals surface area contributed by atoms with Gasteiger partial charge in [-0.25, -0.2) is 22.9 Å². The molecule has 2 heterocycles. The molecule has 2 aromatic heterocycles. The fourth-order valence-electron chi connectivity index (χ4n) is 2.75. The van der Waals surface area contributed by atoms with Gasteiger partial charge >= 0.3 is 5.97 Å². The van der Waals surface area contributed by atoms with E-state index in [-0.39, 0.29) is 23.6 Å². The third-order valence-corrected chi connectivity index (χ3v) is 5.70. The molecular weight excluding hydrogens is 366 g/mol. The standard InChI is InChI=1S/C19H21N3O4S/c1-4-20-27(24,25)16-8-7-13(2)17(10-16)19(23)26-12-15-11-22-9-5-6-14(3)18(22)21-15/h5-11,20H,4,12H2,1-3H3.